The van der Waals surface area contributed by atoms with Crippen molar-refractivity contribution in [2.45, 2.75) is 20.0 Å². The van der Waals surface area contributed by atoms with E-state index in [1.165, 1.54) is 17.0 Å². The predicted molar refractivity (Wildman–Crippen MR) is 72.8 cm³/mol. The van der Waals surface area contributed by atoms with Gasteiger partial charge in [-0.3, -0.25) is 0 Å². The number of anilines is 1. The predicted octanol–water partition coefficient (Wildman–Crippen LogP) is 3.27. The van der Waals surface area contributed by atoms with E-state index in [-0.39, 0.29) is 11.3 Å². The van der Waals surface area contributed by atoms with Crippen LogP contribution >= 0.6 is 0 Å². The molecule has 0 aliphatic carbocycles. The zero-order valence-electron chi connectivity index (χ0n) is 11.9. The van der Waals surface area contributed by atoms with Gasteiger partial charge in [-0.25, -0.2) is 4.79 Å². The number of hydrogen-bond acceptors (Lipinski definition) is 3. The number of carboxylic acids is 1. The quantitative estimate of drug-likeness (QED) is 0.786. The van der Waals surface area contributed by atoms with Gasteiger partial charge in [0.1, 0.15) is 0 Å². The Balaban J connectivity index is 3.17. The van der Waals surface area contributed by atoms with Crippen molar-refractivity contribution in [3.63, 3.8) is 0 Å². The summed E-state index contributed by atoms with van der Waals surface area (Å²) in [7, 11) is 0. The van der Waals surface area contributed by atoms with Crippen molar-refractivity contribution in [2.75, 3.05) is 31.2 Å². The highest BCUT2D eigenvalue weighted by atomic mass is 19.4. The van der Waals surface area contributed by atoms with Crippen LogP contribution in [0, 0.1) is 0 Å². The second-order valence-corrected chi connectivity index (χ2v) is 4.31. The van der Waals surface area contributed by atoms with E-state index in [1.54, 1.807) is 13.8 Å². The molecule has 4 nitrogen and oxygen atoms in total. The van der Waals surface area contributed by atoms with Gasteiger partial charge in [-0.05, 0) is 32.0 Å². The molecule has 0 atom stereocenters. The zero-order valence-corrected chi connectivity index (χ0v) is 11.9. The Hall–Kier alpha value is -1.76. The average molecular weight is 305 g/mol. The van der Waals surface area contributed by atoms with Crippen LogP contribution in [0.2, 0.25) is 0 Å². The summed E-state index contributed by atoms with van der Waals surface area (Å²) >= 11 is 0. The first-order valence-electron chi connectivity index (χ1n) is 6.58. The van der Waals surface area contributed by atoms with Crippen molar-refractivity contribution in [3.05, 3.63) is 29.3 Å². The van der Waals surface area contributed by atoms with Crippen LogP contribution in [0.15, 0.2) is 18.2 Å². The third-order valence-electron chi connectivity index (χ3n) is 2.98. The summed E-state index contributed by atoms with van der Waals surface area (Å²) in [5, 5.41) is 8.83. The number of benzene rings is 1. The lowest BCUT2D eigenvalue weighted by Gasteiger charge is -2.26. The molecular formula is C14H18F3NO3. The molecule has 7 heteroatoms. The molecule has 0 saturated carbocycles. The van der Waals surface area contributed by atoms with E-state index in [0.717, 1.165) is 0 Å². The average Bonchev–Trinajstić information content (AvgIpc) is 2.42. The van der Waals surface area contributed by atoms with Crippen molar-refractivity contribution in [3.8, 4) is 0 Å². The maximum absolute atomic E-state index is 13.1. The SMILES string of the molecule is CCOCCN(CC)c1ccc(C(=O)O)cc1C(F)(F)F. The Bertz CT molecular complexity index is 489. The van der Waals surface area contributed by atoms with E-state index >= 15 is 0 Å². The molecule has 0 radical (unpaired) electrons. The van der Waals surface area contributed by atoms with Crippen molar-refractivity contribution in [2.24, 2.45) is 0 Å². The number of alkyl halides is 3. The van der Waals surface area contributed by atoms with Crippen LogP contribution in [0.4, 0.5) is 18.9 Å². The number of carboxylic acid groups (broad SMARTS) is 1. The Morgan fingerprint density at radius 1 is 1.33 bits per heavy atom. The Kier molecular flexibility index (Phi) is 6.02. The van der Waals surface area contributed by atoms with Gasteiger partial charge in [0.25, 0.3) is 0 Å². The minimum Gasteiger partial charge on any atom is -0.478 e. The summed E-state index contributed by atoms with van der Waals surface area (Å²) in [4.78, 5) is 12.4. The molecule has 0 amide bonds. The standard InChI is InChI=1S/C14H18F3NO3/c1-3-18(7-8-21-4-2)12-6-5-10(13(19)20)9-11(12)14(15,16)17/h5-6,9H,3-4,7-8H2,1-2H3,(H,19,20). The van der Waals surface area contributed by atoms with Gasteiger partial charge in [0.05, 0.1) is 17.7 Å². The summed E-state index contributed by atoms with van der Waals surface area (Å²) in [5.41, 5.74) is -1.36. The second kappa shape index (κ2) is 7.31. The third-order valence-corrected chi connectivity index (χ3v) is 2.98. The number of halogens is 3. The first kappa shape index (κ1) is 17.3. The molecule has 21 heavy (non-hydrogen) atoms. The molecule has 0 aromatic heterocycles. The van der Waals surface area contributed by atoms with Crippen molar-refractivity contribution < 1.29 is 27.8 Å². The fourth-order valence-electron chi connectivity index (χ4n) is 1.94. The van der Waals surface area contributed by atoms with Crippen LogP contribution in [0.1, 0.15) is 29.8 Å². The largest absolute Gasteiger partial charge is 0.478 e. The van der Waals surface area contributed by atoms with Gasteiger partial charge in [-0.1, -0.05) is 0 Å². The lowest BCUT2D eigenvalue weighted by Crippen LogP contribution is -2.29. The van der Waals surface area contributed by atoms with E-state index in [2.05, 4.69) is 0 Å². The third kappa shape index (κ3) is 4.63. The number of aromatic carboxylic acids is 1. The van der Waals surface area contributed by atoms with Crippen LogP contribution < -0.4 is 4.90 Å². The number of likely N-dealkylation sites (N-methyl/N-ethyl adjacent to an activating group) is 1. The first-order chi connectivity index (χ1) is 9.81. The normalized spacial score (nSPS) is 11.5. The number of nitrogens with zero attached hydrogens (tertiary/aromatic N) is 1. The minimum atomic E-state index is -4.61. The number of ether oxygens (including phenoxy) is 1. The number of hydrogen-bond donors (Lipinski definition) is 1. The molecule has 0 heterocycles. The van der Waals surface area contributed by atoms with E-state index in [0.29, 0.717) is 32.4 Å². The number of carbonyl (C=O) groups is 1. The molecule has 1 aromatic rings. The Morgan fingerprint density at radius 2 is 2.00 bits per heavy atom. The topological polar surface area (TPSA) is 49.8 Å². The molecule has 1 rings (SSSR count). The highest BCUT2D eigenvalue weighted by Crippen LogP contribution is 2.37. The fourth-order valence-corrected chi connectivity index (χ4v) is 1.94. The van der Waals surface area contributed by atoms with Gasteiger partial charge < -0.3 is 14.7 Å². The van der Waals surface area contributed by atoms with Gasteiger partial charge in [0.15, 0.2) is 0 Å². The van der Waals surface area contributed by atoms with E-state index < -0.39 is 17.7 Å². The molecule has 0 aliphatic heterocycles. The monoisotopic (exact) mass is 305 g/mol. The van der Waals surface area contributed by atoms with Crippen LogP contribution in [0.25, 0.3) is 0 Å². The molecule has 0 saturated heterocycles. The smallest absolute Gasteiger partial charge is 0.418 e. The van der Waals surface area contributed by atoms with Crippen molar-refractivity contribution in [1.29, 1.82) is 0 Å². The van der Waals surface area contributed by atoms with Crippen LogP contribution in [-0.4, -0.2) is 37.4 Å². The Morgan fingerprint density at radius 3 is 2.48 bits per heavy atom. The zero-order chi connectivity index (χ0) is 16.0. The van der Waals surface area contributed by atoms with Crippen LogP contribution in [0.5, 0.6) is 0 Å². The molecular weight excluding hydrogens is 287 g/mol. The molecule has 1 N–H and O–H groups in total. The van der Waals surface area contributed by atoms with Gasteiger partial charge in [0, 0.05) is 25.4 Å². The van der Waals surface area contributed by atoms with E-state index in [4.69, 9.17) is 9.84 Å². The van der Waals surface area contributed by atoms with Gasteiger partial charge in [-0.2, -0.15) is 13.2 Å². The summed E-state index contributed by atoms with van der Waals surface area (Å²) < 4.78 is 44.5. The van der Waals surface area contributed by atoms with Crippen LogP contribution in [0.3, 0.4) is 0 Å². The maximum atomic E-state index is 13.1. The highest BCUT2D eigenvalue weighted by Gasteiger charge is 2.35. The summed E-state index contributed by atoms with van der Waals surface area (Å²) in [6, 6.07) is 3.04. The van der Waals surface area contributed by atoms with Gasteiger partial charge >= 0.3 is 12.1 Å². The van der Waals surface area contributed by atoms with E-state index in [1.807, 2.05) is 0 Å². The summed E-state index contributed by atoms with van der Waals surface area (Å²) in [6.45, 7) is 5.00. The number of rotatable bonds is 7. The lowest BCUT2D eigenvalue weighted by molar-refractivity contribution is -0.137. The Labute approximate surface area is 121 Å². The molecule has 0 fully saturated rings. The summed E-state index contributed by atoms with van der Waals surface area (Å²) in [6.07, 6.45) is -4.61. The molecule has 118 valence electrons. The van der Waals surface area contributed by atoms with Crippen LogP contribution in [-0.2, 0) is 10.9 Å². The summed E-state index contributed by atoms with van der Waals surface area (Å²) in [5.74, 6) is -1.38. The molecule has 1 aromatic carbocycles. The van der Waals surface area contributed by atoms with Gasteiger partial charge in [-0.15, -0.1) is 0 Å². The molecule has 0 bridgehead atoms. The lowest BCUT2D eigenvalue weighted by atomic mass is 10.1. The van der Waals surface area contributed by atoms with Gasteiger partial charge in [0.2, 0.25) is 0 Å². The second-order valence-electron chi connectivity index (χ2n) is 4.31. The van der Waals surface area contributed by atoms with E-state index in [9.17, 15) is 18.0 Å². The molecule has 0 spiro atoms. The van der Waals surface area contributed by atoms with Crippen molar-refractivity contribution in [1.82, 2.24) is 0 Å². The molecule has 0 unspecified atom stereocenters. The minimum absolute atomic E-state index is 0.0327. The fraction of sp³-hybridized carbons (Fsp3) is 0.500. The molecule has 0 aliphatic rings. The first-order valence-corrected chi connectivity index (χ1v) is 6.58. The van der Waals surface area contributed by atoms with Crippen molar-refractivity contribution >= 4 is 11.7 Å². The maximum Gasteiger partial charge on any atom is 0.418 e. The highest BCUT2D eigenvalue weighted by molar-refractivity contribution is 5.88.